The zero-order valence-corrected chi connectivity index (χ0v) is 10.7. The Kier molecular flexibility index (Phi) is 3.28. The molecule has 20 heavy (non-hydrogen) atoms. The van der Waals surface area contributed by atoms with Gasteiger partial charge in [0.2, 0.25) is 0 Å². The molecule has 1 aliphatic rings. The second-order valence-electron chi connectivity index (χ2n) is 4.41. The summed E-state index contributed by atoms with van der Waals surface area (Å²) in [6.45, 7) is 1.11. The highest BCUT2D eigenvalue weighted by molar-refractivity contribution is 5.86. The Morgan fingerprint density at radius 3 is 2.80 bits per heavy atom. The molecule has 1 aromatic carbocycles. The zero-order chi connectivity index (χ0) is 13.9. The Labute approximate surface area is 115 Å². The maximum absolute atomic E-state index is 10.9. The molecular formula is C14H13NO5. The largest absolute Gasteiger partial charge is 0.486 e. The zero-order valence-electron chi connectivity index (χ0n) is 10.7. The normalized spacial score (nSPS) is 13.2. The van der Waals surface area contributed by atoms with Crippen LogP contribution < -0.4 is 9.47 Å². The van der Waals surface area contributed by atoms with Crippen LogP contribution in [0.4, 0.5) is 0 Å². The minimum absolute atomic E-state index is 0.0254. The van der Waals surface area contributed by atoms with Crippen LogP contribution in [0.5, 0.6) is 11.5 Å². The van der Waals surface area contributed by atoms with Gasteiger partial charge < -0.3 is 19.0 Å². The van der Waals surface area contributed by atoms with Crippen molar-refractivity contribution >= 4 is 5.97 Å². The third kappa shape index (κ3) is 2.45. The van der Waals surface area contributed by atoms with Gasteiger partial charge >= 0.3 is 5.97 Å². The van der Waals surface area contributed by atoms with E-state index in [0.717, 1.165) is 23.5 Å². The molecule has 2 heterocycles. The second-order valence-corrected chi connectivity index (χ2v) is 4.41. The first-order chi connectivity index (χ1) is 9.74. The van der Waals surface area contributed by atoms with Crippen molar-refractivity contribution in [1.82, 2.24) is 4.98 Å². The molecule has 0 saturated heterocycles. The summed E-state index contributed by atoms with van der Waals surface area (Å²) in [5, 5.41) is 8.95. The topological polar surface area (TPSA) is 81.8 Å². The average Bonchev–Trinajstić information content (AvgIpc) is 2.93. The summed E-state index contributed by atoms with van der Waals surface area (Å²) in [6, 6.07) is 5.71. The van der Waals surface area contributed by atoms with Crippen molar-refractivity contribution < 1.29 is 23.8 Å². The lowest BCUT2D eigenvalue weighted by molar-refractivity contribution is 0.0689. The third-order valence-corrected chi connectivity index (χ3v) is 3.09. The van der Waals surface area contributed by atoms with Crippen LogP contribution in [-0.2, 0) is 12.8 Å². The molecule has 6 heteroatoms. The number of aryl methyl sites for hydroxylation is 2. The predicted molar refractivity (Wildman–Crippen MR) is 68.3 cm³/mol. The van der Waals surface area contributed by atoms with Crippen LogP contribution in [0.15, 0.2) is 29.0 Å². The molecule has 1 aliphatic heterocycles. The molecular weight excluding hydrogens is 262 g/mol. The van der Waals surface area contributed by atoms with Crippen molar-refractivity contribution in [2.75, 3.05) is 13.2 Å². The maximum atomic E-state index is 10.9. The van der Waals surface area contributed by atoms with Gasteiger partial charge in [0.25, 0.3) is 0 Å². The van der Waals surface area contributed by atoms with Crippen LogP contribution in [0, 0.1) is 0 Å². The Bertz CT molecular complexity index is 634. The molecule has 3 rings (SSSR count). The van der Waals surface area contributed by atoms with Gasteiger partial charge in [0.05, 0.1) is 0 Å². The third-order valence-electron chi connectivity index (χ3n) is 3.09. The fourth-order valence-electron chi connectivity index (χ4n) is 2.12. The van der Waals surface area contributed by atoms with E-state index in [1.54, 1.807) is 0 Å². The molecule has 1 N–H and O–H groups in total. The number of aromatic nitrogens is 1. The van der Waals surface area contributed by atoms with Crippen LogP contribution in [0.3, 0.4) is 0 Å². The minimum Gasteiger partial charge on any atom is -0.486 e. The lowest BCUT2D eigenvalue weighted by atomic mass is 10.1. The Morgan fingerprint density at radius 2 is 2.00 bits per heavy atom. The van der Waals surface area contributed by atoms with Gasteiger partial charge in [-0.25, -0.2) is 9.78 Å². The van der Waals surface area contributed by atoms with E-state index in [1.807, 2.05) is 18.2 Å². The van der Waals surface area contributed by atoms with Gasteiger partial charge in [-0.1, -0.05) is 6.07 Å². The lowest BCUT2D eigenvalue weighted by Crippen LogP contribution is -2.15. The van der Waals surface area contributed by atoms with Gasteiger partial charge in [-0.2, -0.15) is 0 Å². The number of hydrogen-bond acceptors (Lipinski definition) is 5. The number of oxazole rings is 1. The van der Waals surface area contributed by atoms with E-state index in [2.05, 4.69) is 4.98 Å². The van der Waals surface area contributed by atoms with Gasteiger partial charge in [0.1, 0.15) is 19.0 Å². The standard InChI is InChI=1S/C14H13NO5/c16-14(17)13-11(20-8-15-13)4-2-9-1-3-10-12(7-9)19-6-5-18-10/h1,3,7-8H,2,4-6H2,(H,16,17). The Balaban J connectivity index is 1.72. The molecule has 0 amide bonds. The van der Waals surface area contributed by atoms with Crippen molar-refractivity contribution in [3.63, 3.8) is 0 Å². The highest BCUT2D eigenvalue weighted by Crippen LogP contribution is 2.31. The summed E-state index contributed by atoms with van der Waals surface area (Å²) in [5.41, 5.74) is 1.00. The van der Waals surface area contributed by atoms with Gasteiger partial charge in [-0.15, -0.1) is 0 Å². The van der Waals surface area contributed by atoms with Gasteiger partial charge in [-0.3, -0.25) is 0 Å². The number of carboxylic acids is 1. The van der Waals surface area contributed by atoms with Crippen LogP contribution in [0.25, 0.3) is 0 Å². The SMILES string of the molecule is O=C(O)c1ncoc1CCc1ccc2c(c1)OCCO2. The first-order valence-electron chi connectivity index (χ1n) is 6.28. The maximum Gasteiger partial charge on any atom is 0.358 e. The van der Waals surface area contributed by atoms with Crippen molar-refractivity contribution in [2.45, 2.75) is 12.8 Å². The van der Waals surface area contributed by atoms with Gasteiger partial charge in [-0.05, 0) is 24.1 Å². The van der Waals surface area contributed by atoms with Crippen molar-refractivity contribution in [2.24, 2.45) is 0 Å². The predicted octanol–water partition coefficient (Wildman–Crippen LogP) is 1.93. The van der Waals surface area contributed by atoms with Crippen LogP contribution in [0.2, 0.25) is 0 Å². The van der Waals surface area contributed by atoms with Crippen LogP contribution >= 0.6 is 0 Å². The molecule has 0 unspecified atom stereocenters. The van der Waals surface area contributed by atoms with E-state index in [1.165, 1.54) is 0 Å². The summed E-state index contributed by atoms with van der Waals surface area (Å²) in [4.78, 5) is 14.6. The number of rotatable bonds is 4. The summed E-state index contributed by atoms with van der Waals surface area (Å²) < 4.78 is 16.1. The Morgan fingerprint density at radius 1 is 1.20 bits per heavy atom. The molecule has 0 saturated carbocycles. The lowest BCUT2D eigenvalue weighted by Gasteiger charge is -2.18. The second kappa shape index (κ2) is 5.24. The monoisotopic (exact) mass is 275 g/mol. The minimum atomic E-state index is -1.07. The molecule has 0 atom stereocenters. The number of ether oxygens (including phenoxy) is 2. The van der Waals surface area contributed by atoms with Gasteiger partial charge in [0.15, 0.2) is 23.6 Å². The number of aromatic carboxylic acids is 1. The Hall–Kier alpha value is -2.50. The molecule has 6 nitrogen and oxygen atoms in total. The number of nitrogens with zero attached hydrogens (tertiary/aromatic N) is 1. The number of carboxylic acid groups (broad SMARTS) is 1. The molecule has 0 fully saturated rings. The molecule has 2 aromatic rings. The highest BCUT2D eigenvalue weighted by atomic mass is 16.6. The van der Waals surface area contributed by atoms with Crippen molar-refractivity contribution in [3.8, 4) is 11.5 Å². The van der Waals surface area contributed by atoms with Crippen LogP contribution in [0.1, 0.15) is 21.8 Å². The van der Waals surface area contributed by atoms with Crippen molar-refractivity contribution in [1.29, 1.82) is 0 Å². The highest BCUT2D eigenvalue weighted by Gasteiger charge is 2.16. The number of hydrogen-bond donors (Lipinski definition) is 1. The number of benzene rings is 1. The summed E-state index contributed by atoms with van der Waals surface area (Å²) in [7, 11) is 0. The summed E-state index contributed by atoms with van der Waals surface area (Å²) in [5.74, 6) is 0.777. The van der Waals surface area contributed by atoms with E-state index in [4.69, 9.17) is 19.0 Å². The average molecular weight is 275 g/mol. The summed E-state index contributed by atoms with van der Waals surface area (Å²) >= 11 is 0. The van der Waals surface area contributed by atoms with E-state index in [9.17, 15) is 4.79 Å². The van der Waals surface area contributed by atoms with E-state index in [-0.39, 0.29) is 5.69 Å². The summed E-state index contributed by atoms with van der Waals surface area (Å²) in [6.07, 6.45) is 2.27. The first kappa shape index (κ1) is 12.5. The molecule has 0 aliphatic carbocycles. The van der Waals surface area contributed by atoms with E-state index in [0.29, 0.717) is 31.8 Å². The first-order valence-corrected chi connectivity index (χ1v) is 6.28. The smallest absolute Gasteiger partial charge is 0.358 e. The van der Waals surface area contributed by atoms with Crippen molar-refractivity contribution in [3.05, 3.63) is 41.6 Å². The number of carbonyl (C=O) groups is 1. The molecule has 0 spiro atoms. The molecule has 1 aromatic heterocycles. The molecule has 0 radical (unpaired) electrons. The van der Waals surface area contributed by atoms with E-state index < -0.39 is 5.97 Å². The molecule has 0 bridgehead atoms. The fraction of sp³-hybridized carbons (Fsp3) is 0.286. The van der Waals surface area contributed by atoms with E-state index >= 15 is 0 Å². The van der Waals surface area contributed by atoms with Gasteiger partial charge in [0, 0.05) is 6.42 Å². The molecule has 104 valence electrons. The van der Waals surface area contributed by atoms with Crippen LogP contribution in [-0.4, -0.2) is 29.3 Å². The fourth-order valence-corrected chi connectivity index (χ4v) is 2.12. The quantitative estimate of drug-likeness (QED) is 0.918. The number of fused-ring (bicyclic) bond motifs is 1.